The third-order valence-corrected chi connectivity index (χ3v) is 6.59. The van der Waals surface area contributed by atoms with Crippen LogP contribution in [0, 0.1) is 11.8 Å². The number of carbonyl (C=O) groups excluding carboxylic acids is 1. The molecule has 0 aromatic heterocycles. The van der Waals surface area contributed by atoms with Crippen molar-refractivity contribution in [3.8, 4) is 11.5 Å². The summed E-state index contributed by atoms with van der Waals surface area (Å²) in [5, 5.41) is 7.45. The van der Waals surface area contributed by atoms with Crippen LogP contribution >= 0.6 is 12.2 Å². The molecule has 4 rings (SSSR count). The van der Waals surface area contributed by atoms with E-state index in [0.29, 0.717) is 17.7 Å². The van der Waals surface area contributed by atoms with Crippen molar-refractivity contribution in [2.75, 3.05) is 25.2 Å². The molecular formula is C21H29N3O3S. The lowest BCUT2D eigenvalue weighted by atomic mass is 9.86. The maximum absolute atomic E-state index is 12.7. The Morgan fingerprint density at radius 2 is 1.86 bits per heavy atom. The molecule has 3 aliphatic rings. The van der Waals surface area contributed by atoms with Gasteiger partial charge < -0.3 is 25.0 Å². The fourth-order valence-electron chi connectivity index (χ4n) is 4.34. The SMILES string of the molecule is C[C@@H]1CCCC[C@H]1NC(=S)N1CCC(C(=O)Nc2ccc3c(c2)OCO3)CC1. The number of thiocarbonyl (C=S) groups is 1. The smallest absolute Gasteiger partial charge is 0.231 e. The van der Waals surface area contributed by atoms with E-state index in [1.54, 1.807) is 0 Å². The zero-order valence-corrected chi connectivity index (χ0v) is 17.2. The van der Waals surface area contributed by atoms with E-state index in [0.717, 1.165) is 42.5 Å². The monoisotopic (exact) mass is 403 g/mol. The Bertz CT molecular complexity index is 734. The summed E-state index contributed by atoms with van der Waals surface area (Å²) in [6, 6.07) is 6.00. The van der Waals surface area contributed by atoms with Crippen LogP contribution in [0.1, 0.15) is 45.4 Å². The Labute approximate surface area is 171 Å². The zero-order chi connectivity index (χ0) is 19.5. The largest absolute Gasteiger partial charge is 0.454 e. The molecule has 1 aromatic carbocycles. The maximum Gasteiger partial charge on any atom is 0.231 e. The molecule has 28 heavy (non-hydrogen) atoms. The highest BCUT2D eigenvalue weighted by Crippen LogP contribution is 2.34. The van der Waals surface area contributed by atoms with Gasteiger partial charge in [-0.25, -0.2) is 0 Å². The number of carbonyl (C=O) groups is 1. The molecule has 0 spiro atoms. The molecule has 6 nitrogen and oxygen atoms in total. The molecule has 2 fully saturated rings. The van der Waals surface area contributed by atoms with Gasteiger partial charge in [0.15, 0.2) is 16.6 Å². The highest BCUT2D eigenvalue weighted by Gasteiger charge is 2.28. The maximum atomic E-state index is 12.7. The number of nitrogens with one attached hydrogen (secondary N) is 2. The number of piperidine rings is 1. The van der Waals surface area contributed by atoms with Gasteiger partial charge in [0.1, 0.15) is 0 Å². The number of amides is 1. The number of ether oxygens (including phenoxy) is 2. The molecule has 1 amide bonds. The number of fused-ring (bicyclic) bond motifs is 1. The molecule has 0 unspecified atom stereocenters. The number of hydrogen-bond donors (Lipinski definition) is 2. The summed E-state index contributed by atoms with van der Waals surface area (Å²) in [6.45, 7) is 4.20. The standard InChI is InChI=1S/C21H29N3O3S/c1-14-4-2-3-5-17(14)23-21(28)24-10-8-15(9-11-24)20(25)22-16-6-7-18-19(12-16)27-13-26-18/h6-7,12,14-15,17H,2-5,8-11,13H2,1H3,(H,22,25)(H,23,28)/t14-,17-/m1/s1. The molecule has 152 valence electrons. The van der Waals surface area contributed by atoms with Crippen molar-refractivity contribution in [2.24, 2.45) is 11.8 Å². The number of benzene rings is 1. The second kappa shape index (κ2) is 8.55. The first-order chi connectivity index (χ1) is 13.6. The fraction of sp³-hybridized carbons (Fsp3) is 0.619. The van der Waals surface area contributed by atoms with Crippen LogP contribution in [0.2, 0.25) is 0 Å². The number of likely N-dealkylation sites (tertiary alicyclic amines) is 1. The Hall–Kier alpha value is -2.02. The van der Waals surface area contributed by atoms with E-state index in [2.05, 4.69) is 22.5 Å². The van der Waals surface area contributed by atoms with E-state index in [4.69, 9.17) is 21.7 Å². The first-order valence-electron chi connectivity index (χ1n) is 10.4. The molecule has 0 radical (unpaired) electrons. The van der Waals surface area contributed by atoms with Gasteiger partial charge in [-0.3, -0.25) is 4.79 Å². The molecule has 1 saturated carbocycles. The first kappa shape index (κ1) is 19.3. The summed E-state index contributed by atoms with van der Waals surface area (Å²) in [5.74, 6) is 2.16. The molecular weight excluding hydrogens is 374 g/mol. The van der Waals surface area contributed by atoms with Gasteiger partial charge in [0.05, 0.1) is 0 Å². The first-order valence-corrected chi connectivity index (χ1v) is 10.8. The van der Waals surface area contributed by atoms with E-state index >= 15 is 0 Å². The lowest BCUT2D eigenvalue weighted by molar-refractivity contribution is -0.121. The summed E-state index contributed by atoms with van der Waals surface area (Å²) in [6.07, 6.45) is 6.73. The number of anilines is 1. The van der Waals surface area contributed by atoms with Gasteiger partial charge in [-0.1, -0.05) is 19.8 Å². The van der Waals surface area contributed by atoms with E-state index in [9.17, 15) is 4.79 Å². The molecule has 1 aromatic rings. The number of nitrogens with zero attached hydrogens (tertiary/aromatic N) is 1. The highest BCUT2D eigenvalue weighted by molar-refractivity contribution is 7.80. The molecule has 1 saturated heterocycles. The van der Waals surface area contributed by atoms with Crippen LogP contribution in [0.25, 0.3) is 0 Å². The third kappa shape index (κ3) is 4.35. The van der Waals surface area contributed by atoms with E-state index in [1.807, 2.05) is 18.2 Å². The lowest BCUT2D eigenvalue weighted by Crippen LogP contribution is -2.50. The van der Waals surface area contributed by atoms with Crippen molar-refractivity contribution in [1.82, 2.24) is 10.2 Å². The van der Waals surface area contributed by atoms with Crippen molar-refractivity contribution in [2.45, 2.75) is 51.5 Å². The van der Waals surface area contributed by atoms with Crippen LogP contribution in [-0.4, -0.2) is 41.8 Å². The van der Waals surface area contributed by atoms with E-state index in [-0.39, 0.29) is 18.6 Å². The van der Waals surface area contributed by atoms with Crippen molar-refractivity contribution in [3.05, 3.63) is 18.2 Å². The minimum atomic E-state index is 0.0121. The average molecular weight is 404 g/mol. The average Bonchev–Trinajstić information content (AvgIpc) is 3.17. The van der Waals surface area contributed by atoms with Crippen molar-refractivity contribution >= 4 is 28.9 Å². The summed E-state index contributed by atoms with van der Waals surface area (Å²) in [5.41, 5.74) is 0.750. The Morgan fingerprint density at radius 1 is 1.11 bits per heavy atom. The molecule has 0 bridgehead atoms. The summed E-state index contributed by atoms with van der Waals surface area (Å²) in [4.78, 5) is 14.9. The second-order valence-electron chi connectivity index (χ2n) is 8.14. The summed E-state index contributed by atoms with van der Waals surface area (Å²) < 4.78 is 10.7. The second-order valence-corrected chi connectivity index (χ2v) is 8.52. The van der Waals surface area contributed by atoms with Gasteiger partial charge in [0, 0.05) is 36.8 Å². The predicted molar refractivity (Wildman–Crippen MR) is 113 cm³/mol. The molecule has 1 aliphatic carbocycles. The highest BCUT2D eigenvalue weighted by atomic mass is 32.1. The Morgan fingerprint density at radius 3 is 2.64 bits per heavy atom. The van der Waals surface area contributed by atoms with Crippen LogP contribution in [0.3, 0.4) is 0 Å². The fourth-order valence-corrected chi connectivity index (χ4v) is 4.68. The van der Waals surface area contributed by atoms with E-state index in [1.165, 1.54) is 25.7 Å². The van der Waals surface area contributed by atoms with Gasteiger partial charge >= 0.3 is 0 Å². The van der Waals surface area contributed by atoms with Gasteiger partial charge in [-0.2, -0.15) is 0 Å². The minimum absolute atomic E-state index is 0.0121. The van der Waals surface area contributed by atoms with Gasteiger partial charge in [-0.05, 0) is 56.0 Å². The Balaban J connectivity index is 1.25. The van der Waals surface area contributed by atoms with Gasteiger partial charge in [0.2, 0.25) is 12.7 Å². The lowest BCUT2D eigenvalue weighted by Gasteiger charge is -2.37. The predicted octanol–water partition coefficient (Wildman–Crippen LogP) is 3.52. The summed E-state index contributed by atoms with van der Waals surface area (Å²) >= 11 is 5.65. The number of rotatable bonds is 3. The molecule has 2 N–H and O–H groups in total. The molecule has 7 heteroatoms. The topological polar surface area (TPSA) is 62.8 Å². The zero-order valence-electron chi connectivity index (χ0n) is 16.4. The van der Waals surface area contributed by atoms with E-state index < -0.39 is 0 Å². The quantitative estimate of drug-likeness (QED) is 0.753. The van der Waals surface area contributed by atoms with Crippen LogP contribution in [-0.2, 0) is 4.79 Å². The third-order valence-electron chi connectivity index (χ3n) is 6.21. The number of hydrogen-bond acceptors (Lipinski definition) is 4. The van der Waals surface area contributed by atoms with Crippen LogP contribution in [0.15, 0.2) is 18.2 Å². The Kier molecular flexibility index (Phi) is 5.90. The normalized spacial score (nSPS) is 24.7. The minimum Gasteiger partial charge on any atom is -0.454 e. The van der Waals surface area contributed by atoms with Crippen LogP contribution in [0.4, 0.5) is 5.69 Å². The summed E-state index contributed by atoms with van der Waals surface area (Å²) in [7, 11) is 0. The molecule has 2 aliphatic heterocycles. The molecule has 2 atom stereocenters. The van der Waals surface area contributed by atoms with Gasteiger partial charge in [0.25, 0.3) is 0 Å². The van der Waals surface area contributed by atoms with Crippen LogP contribution in [0.5, 0.6) is 11.5 Å². The van der Waals surface area contributed by atoms with Crippen LogP contribution < -0.4 is 20.1 Å². The van der Waals surface area contributed by atoms with Crippen molar-refractivity contribution in [3.63, 3.8) is 0 Å². The van der Waals surface area contributed by atoms with Gasteiger partial charge in [-0.15, -0.1) is 0 Å². The van der Waals surface area contributed by atoms with Crippen molar-refractivity contribution < 1.29 is 14.3 Å². The molecule has 2 heterocycles. The van der Waals surface area contributed by atoms with Crippen molar-refractivity contribution in [1.29, 1.82) is 0 Å².